The molecule has 0 saturated carbocycles. The van der Waals surface area contributed by atoms with Crippen molar-refractivity contribution in [1.82, 2.24) is 20.1 Å². The van der Waals surface area contributed by atoms with Gasteiger partial charge in [-0.3, -0.25) is 9.59 Å². The molecule has 1 amide bonds. The van der Waals surface area contributed by atoms with Gasteiger partial charge in [-0.05, 0) is 31.2 Å². The molecule has 0 spiro atoms. The zero-order chi connectivity index (χ0) is 20.8. The molecule has 1 heterocycles. The van der Waals surface area contributed by atoms with Gasteiger partial charge in [0.15, 0.2) is 16.8 Å². The smallest absolute Gasteiger partial charge is 0.253 e. The fourth-order valence-electron chi connectivity index (χ4n) is 2.62. The molecule has 2 aromatic carbocycles. The molecular formula is C20H18BrClN4O2S. The van der Waals surface area contributed by atoms with Crippen molar-refractivity contribution in [2.75, 3.05) is 5.75 Å². The van der Waals surface area contributed by atoms with Crippen molar-refractivity contribution in [3.8, 4) is 0 Å². The lowest BCUT2D eigenvalue weighted by atomic mass is 10.2. The summed E-state index contributed by atoms with van der Waals surface area (Å²) in [4.78, 5) is 24.7. The molecule has 3 aromatic rings. The first-order chi connectivity index (χ1) is 14.0. The molecule has 1 N–H and O–H groups in total. The van der Waals surface area contributed by atoms with E-state index in [1.54, 1.807) is 36.4 Å². The topological polar surface area (TPSA) is 76.9 Å². The standard InChI is InChI=1S/C20H18BrClN4O2S/c1-2-26-18(11-23-19(28)15-5-3-4-6-16(15)22)24-25-20(26)29-12-17(27)13-7-9-14(21)10-8-13/h3-10H,2,11-12H2,1H3,(H,23,28). The fourth-order valence-corrected chi connectivity index (χ4v) is 4.02. The number of nitrogens with one attached hydrogen (secondary N) is 1. The van der Waals surface area contributed by atoms with Gasteiger partial charge in [-0.15, -0.1) is 10.2 Å². The van der Waals surface area contributed by atoms with Crippen LogP contribution in [0.15, 0.2) is 58.2 Å². The minimum atomic E-state index is -0.277. The molecule has 0 saturated heterocycles. The lowest BCUT2D eigenvalue weighted by Crippen LogP contribution is -2.25. The Kier molecular flexibility index (Phi) is 7.46. The van der Waals surface area contributed by atoms with E-state index in [1.165, 1.54) is 11.8 Å². The molecule has 9 heteroatoms. The molecule has 0 radical (unpaired) electrons. The second kappa shape index (κ2) is 10.0. The summed E-state index contributed by atoms with van der Waals surface area (Å²) in [5, 5.41) is 12.2. The van der Waals surface area contributed by atoms with Gasteiger partial charge in [0.05, 0.1) is 22.9 Å². The number of ketones is 1. The van der Waals surface area contributed by atoms with Crippen LogP contribution in [-0.4, -0.2) is 32.2 Å². The van der Waals surface area contributed by atoms with Crippen LogP contribution >= 0.6 is 39.3 Å². The van der Waals surface area contributed by atoms with Crippen molar-refractivity contribution in [1.29, 1.82) is 0 Å². The van der Waals surface area contributed by atoms with Crippen molar-refractivity contribution in [2.24, 2.45) is 0 Å². The molecule has 0 unspecified atom stereocenters. The number of carbonyl (C=O) groups excluding carboxylic acids is 2. The zero-order valence-corrected chi connectivity index (χ0v) is 18.7. The third-order valence-corrected chi connectivity index (χ3v) is 5.96. The largest absolute Gasteiger partial charge is 0.345 e. The second-order valence-electron chi connectivity index (χ2n) is 6.02. The molecule has 6 nitrogen and oxygen atoms in total. The fraction of sp³-hybridized carbons (Fsp3) is 0.200. The van der Waals surface area contributed by atoms with Gasteiger partial charge in [-0.25, -0.2) is 0 Å². The van der Waals surface area contributed by atoms with Gasteiger partial charge in [0.25, 0.3) is 5.91 Å². The van der Waals surface area contributed by atoms with Crippen LogP contribution in [0.1, 0.15) is 33.5 Å². The van der Waals surface area contributed by atoms with Crippen molar-refractivity contribution in [3.05, 3.63) is 75.0 Å². The summed E-state index contributed by atoms with van der Waals surface area (Å²) in [5.74, 6) is 0.611. The molecule has 0 bridgehead atoms. The Hall–Kier alpha value is -2.16. The van der Waals surface area contributed by atoms with E-state index in [4.69, 9.17) is 11.6 Å². The van der Waals surface area contributed by atoms with Crippen molar-refractivity contribution in [2.45, 2.75) is 25.2 Å². The third kappa shape index (κ3) is 5.46. The Balaban J connectivity index is 1.62. The first-order valence-electron chi connectivity index (χ1n) is 8.86. The van der Waals surface area contributed by atoms with E-state index in [9.17, 15) is 9.59 Å². The highest BCUT2D eigenvalue weighted by Gasteiger charge is 2.16. The van der Waals surface area contributed by atoms with Gasteiger partial charge in [0, 0.05) is 16.6 Å². The maximum atomic E-state index is 12.4. The minimum Gasteiger partial charge on any atom is -0.345 e. The van der Waals surface area contributed by atoms with E-state index >= 15 is 0 Å². The van der Waals surface area contributed by atoms with Gasteiger partial charge in [0.2, 0.25) is 0 Å². The molecular weight excluding hydrogens is 476 g/mol. The number of thioether (sulfide) groups is 1. The van der Waals surface area contributed by atoms with E-state index in [0.29, 0.717) is 33.7 Å². The Morgan fingerprint density at radius 2 is 1.86 bits per heavy atom. The van der Waals surface area contributed by atoms with E-state index in [-0.39, 0.29) is 24.0 Å². The summed E-state index contributed by atoms with van der Waals surface area (Å²) >= 11 is 10.7. The van der Waals surface area contributed by atoms with Crippen LogP contribution in [0.4, 0.5) is 0 Å². The molecule has 0 aliphatic rings. The summed E-state index contributed by atoms with van der Waals surface area (Å²) < 4.78 is 2.81. The first kappa shape index (κ1) is 21.5. The van der Waals surface area contributed by atoms with Crippen LogP contribution < -0.4 is 5.32 Å². The van der Waals surface area contributed by atoms with Crippen LogP contribution in [0.25, 0.3) is 0 Å². The highest BCUT2D eigenvalue weighted by atomic mass is 79.9. The molecule has 0 fully saturated rings. The number of hydrogen-bond acceptors (Lipinski definition) is 5. The molecule has 0 aliphatic heterocycles. The van der Waals surface area contributed by atoms with Gasteiger partial charge in [-0.2, -0.15) is 0 Å². The first-order valence-corrected chi connectivity index (χ1v) is 11.0. The van der Waals surface area contributed by atoms with Crippen LogP contribution in [-0.2, 0) is 13.1 Å². The van der Waals surface area contributed by atoms with E-state index in [1.807, 2.05) is 23.6 Å². The third-order valence-electron chi connectivity index (χ3n) is 4.13. The molecule has 29 heavy (non-hydrogen) atoms. The predicted octanol–water partition coefficient (Wildman–Crippen LogP) is 4.62. The normalized spacial score (nSPS) is 10.7. The minimum absolute atomic E-state index is 0.0155. The van der Waals surface area contributed by atoms with Crippen LogP contribution in [0.3, 0.4) is 0 Å². The Morgan fingerprint density at radius 1 is 1.14 bits per heavy atom. The molecule has 3 rings (SSSR count). The van der Waals surface area contributed by atoms with Gasteiger partial charge >= 0.3 is 0 Å². The maximum absolute atomic E-state index is 12.4. The second-order valence-corrected chi connectivity index (χ2v) is 8.29. The number of aromatic nitrogens is 3. The highest BCUT2D eigenvalue weighted by molar-refractivity contribution is 9.10. The molecule has 0 atom stereocenters. The highest BCUT2D eigenvalue weighted by Crippen LogP contribution is 2.20. The number of benzene rings is 2. The number of halogens is 2. The van der Waals surface area contributed by atoms with Gasteiger partial charge in [-0.1, -0.05) is 63.6 Å². The SMILES string of the molecule is CCn1c(CNC(=O)c2ccccc2Cl)nnc1SCC(=O)c1ccc(Br)cc1. The lowest BCUT2D eigenvalue weighted by molar-refractivity contribution is 0.0948. The summed E-state index contributed by atoms with van der Waals surface area (Å²) in [6.07, 6.45) is 0. The van der Waals surface area contributed by atoms with Crippen LogP contribution in [0.2, 0.25) is 5.02 Å². The summed E-state index contributed by atoms with van der Waals surface area (Å²) in [6.45, 7) is 2.80. The number of nitrogens with zero attached hydrogens (tertiary/aromatic N) is 3. The zero-order valence-electron chi connectivity index (χ0n) is 15.6. The number of amides is 1. The van der Waals surface area contributed by atoms with E-state index in [0.717, 1.165) is 4.47 Å². The summed E-state index contributed by atoms with van der Waals surface area (Å²) in [6, 6.07) is 14.1. The Bertz CT molecular complexity index is 1020. The molecule has 150 valence electrons. The van der Waals surface area contributed by atoms with Crippen molar-refractivity contribution < 1.29 is 9.59 Å². The summed E-state index contributed by atoms with van der Waals surface area (Å²) in [5.41, 5.74) is 1.06. The quantitative estimate of drug-likeness (QED) is 0.366. The number of Topliss-reactive ketones (excluding diaryl/α,β-unsaturated/α-hetero) is 1. The van der Waals surface area contributed by atoms with Crippen LogP contribution in [0, 0.1) is 0 Å². The van der Waals surface area contributed by atoms with Gasteiger partial charge in [0.1, 0.15) is 0 Å². The number of hydrogen-bond donors (Lipinski definition) is 1. The average molecular weight is 494 g/mol. The molecule has 0 aliphatic carbocycles. The van der Waals surface area contributed by atoms with Crippen molar-refractivity contribution in [3.63, 3.8) is 0 Å². The summed E-state index contributed by atoms with van der Waals surface area (Å²) in [7, 11) is 0. The maximum Gasteiger partial charge on any atom is 0.253 e. The molecule has 1 aromatic heterocycles. The lowest BCUT2D eigenvalue weighted by Gasteiger charge is -2.09. The number of rotatable bonds is 8. The number of carbonyl (C=O) groups is 2. The Labute approximate surface area is 186 Å². The average Bonchev–Trinajstić information content (AvgIpc) is 3.13. The predicted molar refractivity (Wildman–Crippen MR) is 118 cm³/mol. The monoisotopic (exact) mass is 492 g/mol. The Morgan fingerprint density at radius 3 is 2.55 bits per heavy atom. The van der Waals surface area contributed by atoms with Crippen LogP contribution in [0.5, 0.6) is 0 Å². The van der Waals surface area contributed by atoms with E-state index in [2.05, 4.69) is 31.4 Å². The van der Waals surface area contributed by atoms with E-state index < -0.39 is 0 Å². The van der Waals surface area contributed by atoms with Gasteiger partial charge < -0.3 is 9.88 Å². The van der Waals surface area contributed by atoms with Crippen molar-refractivity contribution >= 4 is 51.0 Å².